The van der Waals surface area contributed by atoms with Crippen LogP contribution in [0.3, 0.4) is 0 Å². The van der Waals surface area contributed by atoms with Crippen LogP contribution in [0.15, 0.2) is 89.8 Å². The molecule has 2 N–H and O–H groups in total. The van der Waals surface area contributed by atoms with E-state index in [1.54, 1.807) is 38.4 Å². The number of carbonyl (C=O) groups excluding carboxylic acids is 2. The van der Waals surface area contributed by atoms with Crippen LogP contribution in [0.4, 0.5) is 5.82 Å². The highest BCUT2D eigenvalue weighted by molar-refractivity contribution is 6.46. The number of anilines is 1. The molecule has 0 spiro atoms. The highest BCUT2D eigenvalue weighted by atomic mass is 16.5. The lowest BCUT2D eigenvalue weighted by atomic mass is 10.1. The molecule has 0 atom stereocenters. The monoisotopic (exact) mass is 525 g/mol. The number of carbonyl (C=O) groups is 2. The molecule has 0 fully saturated rings. The average molecular weight is 526 g/mol. The number of esters is 1. The summed E-state index contributed by atoms with van der Waals surface area (Å²) in [6.45, 7) is 0.143. The first-order valence-corrected chi connectivity index (χ1v) is 11.9. The van der Waals surface area contributed by atoms with Crippen LogP contribution in [0.2, 0.25) is 0 Å². The summed E-state index contributed by atoms with van der Waals surface area (Å²) in [5.41, 5.74) is 2.43. The van der Waals surface area contributed by atoms with Gasteiger partial charge in [0.2, 0.25) is 0 Å². The van der Waals surface area contributed by atoms with E-state index in [0.29, 0.717) is 17.3 Å². The summed E-state index contributed by atoms with van der Waals surface area (Å²) < 4.78 is 16.0. The fourth-order valence-electron chi connectivity index (χ4n) is 3.70. The number of nitrogens with zero attached hydrogens (tertiary/aromatic N) is 3. The first kappa shape index (κ1) is 26.8. The fraction of sp³-hybridized carbons (Fsp3) is 0.138. The lowest BCUT2D eigenvalue weighted by Crippen LogP contribution is -2.24. The summed E-state index contributed by atoms with van der Waals surface area (Å²) in [5, 5.41) is 10.8. The average Bonchev–Trinajstić information content (AvgIpc) is 2.97. The molecule has 0 saturated carbocycles. The summed E-state index contributed by atoms with van der Waals surface area (Å²) in [7, 11) is 4.92. The molecule has 0 aliphatic carbocycles. The molecule has 39 heavy (non-hydrogen) atoms. The first-order chi connectivity index (χ1) is 18.9. The number of methoxy groups -OCH3 is 2. The van der Waals surface area contributed by atoms with Gasteiger partial charge in [-0.1, -0.05) is 30.3 Å². The van der Waals surface area contributed by atoms with Crippen molar-refractivity contribution in [1.29, 1.82) is 5.41 Å². The first-order valence-electron chi connectivity index (χ1n) is 11.9. The predicted molar refractivity (Wildman–Crippen MR) is 148 cm³/mol. The van der Waals surface area contributed by atoms with Gasteiger partial charge in [0.25, 0.3) is 5.91 Å². The van der Waals surface area contributed by atoms with Crippen molar-refractivity contribution in [3.63, 3.8) is 0 Å². The quantitative estimate of drug-likeness (QED) is 0.315. The largest absolute Gasteiger partial charge is 0.493 e. The molecule has 1 aliphatic heterocycles. The Labute approximate surface area is 225 Å². The zero-order valence-corrected chi connectivity index (χ0v) is 21.7. The second-order valence-electron chi connectivity index (χ2n) is 8.32. The van der Waals surface area contributed by atoms with Crippen LogP contribution in [0.25, 0.3) is 5.70 Å². The number of hydrogen-bond donors (Lipinski definition) is 2. The number of pyridine rings is 1. The van der Waals surface area contributed by atoms with E-state index < -0.39 is 11.9 Å². The zero-order chi connectivity index (χ0) is 27.8. The van der Waals surface area contributed by atoms with Gasteiger partial charge in [-0.2, -0.15) is 0 Å². The maximum atomic E-state index is 12.6. The van der Waals surface area contributed by atoms with E-state index in [1.807, 2.05) is 48.5 Å². The minimum absolute atomic E-state index is 0.143. The molecule has 0 unspecified atom stereocenters. The minimum atomic E-state index is -0.680. The number of hydrogen-bond acceptors (Lipinski definition) is 9. The van der Waals surface area contributed by atoms with Crippen molar-refractivity contribution >= 4 is 35.3 Å². The smallest absolute Gasteiger partial charge is 0.340 e. The van der Waals surface area contributed by atoms with Crippen LogP contribution in [0.5, 0.6) is 11.5 Å². The molecule has 1 aromatic heterocycles. The molecular weight excluding hydrogens is 498 g/mol. The number of aliphatic imine (C=N–C) groups is 1. The fourth-order valence-corrected chi connectivity index (χ4v) is 3.70. The SMILES string of the molecule is COc1ccc(C2=CC=N/C(=C/C(=N)C(=O)Nc3ccc(C(=O)OCc4ccccc4)cn3)N2C)cc1OC. The van der Waals surface area contributed by atoms with Crippen LogP contribution in [0.1, 0.15) is 21.5 Å². The van der Waals surface area contributed by atoms with Crippen LogP contribution < -0.4 is 14.8 Å². The standard InChI is InChI=1S/C29H27N5O5/c1-34-23(20-9-11-24(37-2)25(15-20)38-3)13-14-31-27(34)16-22(30)28(35)33-26-12-10-21(17-32-26)29(36)39-18-19-7-5-4-6-8-19/h4-17,30H,18H2,1-3H3,(H,32,33,35)/b27-16-,30-22?. The van der Waals surface area contributed by atoms with Crippen LogP contribution in [0, 0.1) is 5.41 Å². The zero-order valence-electron chi connectivity index (χ0n) is 21.7. The van der Waals surface area contributed by atoms with Crippen LogP contribution in [-0.2, 0) is 16.1 Å². The lowest BCUT2D eigenvalue weighted by Gasteiger charge is -2.26. The molecule has 4 rings (SSSR count). The Bertz CT molecular complexity index is 1460. The normalized spacial score (nSPS) is 13.5. The maximum Gasteiger partial charge on any atom is 0.340 e. The summed E-state index contributed by atoms with van der Waals surface area (Å²) >= 11 is 0. The van der Waals surface area contributed by atoms with Gasteiger partial charge in [-0.3, -0.25) is 10.2 Å². The van der Waals surface area contributed by atoms with E-state index in [1.165, 1.54) is 24.4 Å². The molecule has 10 heteroatoms. The van der Waals surface area contributed by atoms with Crippen molar-refractivity contribution in [3.8, 4) is 11.5 Å². The summed E-state index contributed by atoms with van der Waals surface area (Å²) in [6.07, 6.45) is 6.08. The van der Waals surface area contributed by atoms with E-state index in [9.17, 15) is 9.59 Å². The predicted octanol–water partition coefficient (Wildman–Crippen LogP) is 4.31. The number of benzene rings is 2. The third-order valence-electron chi connectivity index (χ3n) is 5.80. The van der Waals surface area contributed by atoms with Gasteiger partial charge < -0.3 is 24.4 Å². The number of rotatable bonds is 9. The Morgan fingerprint density at radius 2 is 1.79 bits per heavy atom. The Hall–Kier alpha value is -5.25. The van der Waals surface area contributed by atoms with Gasteiger partial charge in [-0.15, -0.1) is 0 Å². The maximum absolute atomic E-state index is 12.6. The van der Waals surface area contributed by atoms with Crippen molar-refractivity contribution in [2.24, 2.45) is 4.99 Å². The molecule has 0 bridgehead atoms. The van der Waals surface area contributed by atoms with E-state index in [-0.39, 0.29) is 23.7 Å². The number of allylic oxidation sites excluding steroid dienone is 1. The van der Waals surface area contributed by atoms with Crippen molar-refractivity contribution < 1.29 is 23.8 Å². The van der Waals surface area contributed by atoms with Crippen molar-refractivity contribution in [2.75, 3.05) is 26.6 Å². The topological polar surface area (TPSA) is 126 Å². The highest BCUT2D eigenvalue weighted by Crippen LogP contribution is 2.33. The Kier molecular flexibility index (Phi) is 8.47. The van der Waals surface area contributed by atoms with Crippen molar-refractivity contribution in [1.82, 2.24) is 9.88 Å². The van der Waals surface area contributed by atoms with E-state index in [2.05, 4.69) is 15.3 Å². The van der Waals surface area contributed by atoms with Gasteiger partial charge in [0, 0.05) is 31.1 Å². The Balaban J connectivity index is 1.37. The summed E-state index contributed by atoms with van der Waals surface area (Å²) in [6, 6.07) is 17.8. The molecule has 10 nitrogen and oxygen atoms in total. The molecular formula is C29H27N5O5. The van der Waals surface area contributed by atoms with Gasteiger partial charge in [0.05, 0.1) is 25.5 Å². The van der Waals surface area contributed by atoms with Gasteiger partial charge in [0.1, 0.15) is 24.0 Å². The van der Waals surface area contributed by atoms with Gasteiger partial charge >= 0.3 is 5.97 Å². The lowest BCUT2D eigenvalue weighted by molar-refractivity contribution is -0.110. The second kappa shape index (κ2) is 12.3. The molecule has 1 aliphatic rings. The molecule has 1 amide bonds. The Morgan fingerprint density at radius 3 is 2.49 bits per heavy atom. The molecule has 2 heterocycles. The van der Waals surface area contributed by atoms with Gasteiger partial charge in [-0.05, 0) is 42.0 Å². The van der Waals surface area contributed by atoms with E-state index in [0.717, 1.165) is 16.8 Å². The third kappa shape index (κ3) is 6.55. The van der Waals surface area contributed by atoms with Crippen molar-refractivity contribution in [3.05, 3.63) is 102 Å². The molecule has 0 saturated heterocycles. The second-order valence-corrected chi connectivity index (χ2v) is 8.32. The van der Waals surface area contributed by atoms with Crippen LogP contribution >= 0.6 is 0 Å². The third-order valence-corrected chi connectivity index (χ3v) is 5.80. The van der Waals surface area contributed by atoms with Crippen molar-refractivity contribution in [2.45, 2.75) is 6.61 Å². The molecule has 2 aromatic carbocycles. The Morgan fingerprint density at radius 1 is 1.03 bits per heavy atom. The number of ether oxygens (including phenoxy) is 3. The number of aromatic nitrogens is 1. The van der Waals surface area contributed by atoms with Gasteiger partial charge in [-0.25, -0.2) is 14.8 Å². The molecule has 3 aromatic rings. The minimum Gasteiger partial charge on any atom is -0.493 e. The number of amides is 1. The van der Waals surface area contributed by atoms with E-state index in [4.69, 9.17) is 19.6 Å². The number of nitrogens with one attached hydrogen (secondary N) is 2. The highest BCUT2D eigenvalue weighted by Gasteiger charge is 2.19. The van der Waals surface area contributed by atoms with E-state index >= 15 is 0 Å². The summed E-state index contributed by atoms with van der Waals surface area (Å²) in [5.74, 6) is 0.556. The van der Waals surface area contributed by atoms with Gasteiger partial charge in [0.15, 0.2) is 11.5 Å². The molecule has 0 radical (unpaired) electrons. The summed E-state index contributed by atoms with van der Waals surface area (Å²) in [4.78, 5) is 35.1. The molecule has 198 valence electrons. The van der Waals surface area contributed by atoms with Crippen LogP contribution in [-0.4, -0.2) is 55.0 Å².